The van der Waals surface area contributed by atoms with Crippen LogP contribution in [0.15, 0.2) is 36.4 Å². The first kappa shape index (κ1) is 21.3. The zero-order valence-corrected chi connectivity index (χ0v) is 16.5. The first-order valence-electron chi connectivity index (χ1n) is 8.58. The predicted octanol–water partition coefficient (Wildman–Crippen LogP) is 2.67. The van der Waals surface area contributed by atoms with Gasteiger partial charge in [0.2, 0.25) is 0 Å². The van der Waals surface area contributed by atoms with Crippen LogP contribution >= 0.6 is 11.3 Å². The maximum Gasteiger partial charge on any atom is 0.337 e. The molecule has 1 amide bonds. The van der Waals surface area contributed by atoms with Gasteiger partial charge >= 0.3 is 11.9 Å². The number of carbonyl (C=O) groups excluding carboxylic acids is 4. The summed E-state index contributed by atoms with van der Waals surface area (Å²) in [5.74, 6) is -1.60. The van der Waals surface area contributed by atoms with Gasteiger partial charge in [0.15, 0.2) is 12.4 Å². The fourth-order valence-electron chi connectivity index (χ4n) is 2.27. The highest BCUT2D eigenvalue weighted by Gasteiger charge is 2.13. The highest BCUT2D eigenvalue weighted by Crippen LogP contribution is 2.17. The van der Waals surface area contributed by atoms with Crippen LogP contribution in [0, 0.1) is 6.92 Å². The third-order valence-corrected chi connectivity index (χ3v) is 4.84. The minimum absolute atomic E-state index is 0.0486. The molecule has 0 aliphatic heterocycles. The van der Waals surface area contributed by atoms with Crippen molar-refractivity contribution in [1.82, 2.24) is 5.32 Å². The van der Waals surface area contributed by atoms with Crippen LogP contribution in [0.25, 0.3) is 0 Å². The fraction of sp³-hybridized carbons (Fsp3) is 0.300. The molecule has 0 unspecified atom stereocenters. The van der Waals surface area contributed by atoms with Crippen molar-refractivity contribution in [3.8, 4) is 0 Å². The number of aryl methyl sites for hydroxylation is 1. The normalized spacial score (nSPS) is 10.2. The summed E-state index contributed by atoms with van der Waals surface area (Å²) in [6.45, 7) is 1.72. The number of hydrogen-bond acceptors (Lipinski definition) is 7. The van der Waals surface area contributed by atoms with Crippen molar-refractivity contribution in [2.24, 2.45) is 0 Å². The number of nitrogens with one attached hydrogen (secondary N) is 1. The standard InChI is InChI=1S/C20H21NO6S/c1-13-3-9-17(28-13)16(22)8-10-19(24)27-12-18(23)21-11-14-4-6-15(7-5-14)20(25)26-2/h3-7,9H,8,10-12H2,1-2H3,(H,21,23). The number of ether oxygens (including phenoxy) is 2. The van der Waals surface area contributed by atoms with E-state index < -0.39 is 24.5 Å². The Kier molecular flexibility index (Phi) is 7.88. The Labute approximate surface area is 166 Å². The number of Topliss-reactive ketones (excluding diaryl/α,β-unsaturated/α-hetero) is 1. The van der Waals surface area contributed by atoms with Gasteiger partial charge in [-0.05, 0) is 36.8 Å². The van der Waals surface area contributed by atoms with Crippen LogP contribution in [-0.4, -0.2) is 37.3 Å². The third kappa shape index (κ3) is 6.62. The molecule has 0 fully saturated rings. The molecular weight excluding hydrogens is 382 g/mol. The van der Waals surface area contributed by atoms with Gasteiger partial charge in [-0.15, -0.1) is 11.3 Å². The first-order chi connectivity index (χ1) is 13.4. The number of carbonyl (C=O) groups is 4. The van der Waals surface area contributed by atoms with E-state index >= 15 is 0 Å². The molecule has 1 aromatic heterocycles. The van der Waals surface area contributed by atoms with Crippen molar-refractivity contribution in [3.63, 3.8) is 0 Å². The molecule has 7 nitrogen and oxygen atoms in total. The second-order valence-corrected chi connectivity index (χ2v) is 7.25. The maximum atomic E-state index is 11.9. The van der Waals surface area contributed by atoms with Crippen molar-refractivity contribution in [2.75, 3.05) is 13.7 Å². The van der Waals surface area contributed by atoms with Crippen molar-refractivity contribution in [2.45, 2.75) is 26.3 Å². The predicted molar refractivity (Wildman–Crippen MR) is 103 cm³/mol. The Hall–Kier alpha value is -3.00. The molecule has 0 aliphatic carbocycles. The molecule has 2 aromatic rings. The second kappa shape index (κ2) is 10.4. The van der Waals surface area contributed by atoms with E-state index in [4.69, 9.17) is 4.74 Å². The minimum atomic E-state index is -0.598. The van der Waals surface area contributed by atoms with Crippen LogP contribution in [0.3, 0.4) is 0 Å². The lowest BCUT2D eigenvalue weighted by Gasteiger charge is -2.07. The smallest absolute Gasteiger partial charge is 0.337 e. The molecule has 1 N–H and O–H groups in total. The molecule has 0 saturated heterocycles. The van der Waals surface area contributed by atoms with Crippen LogP contribution in [0.1, 0.15) is 43.3 Å². The average molecular weight is 403 g/mol. The summed E-state index contributed by atoms with van der Waals surface area (Å²) in [7, 11) is 1.30. The number of hydrogen-bond donors (Lipinski definition) is 1. The van der Waals surface area contributed by atoms with E-state index in [9.17, 15) is 19.2 Å². The van der Waals surface area contributed by atoms with E-state index in [1.54, 1.807) is 30.3 Å². The molecule has 0 saturated carbocycles. The molecule has 0 spiro atoms. The number of methoxy groups -OCH3 is 1. The summed E-state index contributed by atoms with van der Waals surface area (Å²) >= 11 is 1.38. The summed E-state index contributed by atoms with van der Waals surface area (Å²) < 4.78 is 9.50. The van der Waals surface area contributed by atoms with Crippen molar-refractivity contribution in [1.29, 1.82) is 0 Å². The molecule has 1 heterocycles. The summed E-state index contributed by atoms with van der Waals surface area (Å²) in [5, 5.41) is 2.61. The van der Waals surface area contributed by atoms with E-state index in [1.165, 1.54) is 18.4 Å². The number of benzene rings is 1. The van der Waals surface area contributed by atoms with E-state index in [0.717, 1.165) is 10.4 Å². The van der Waals surface area contributed by atoms with Crippen LogP contribution in [-0.2, 0) is 25.6 Å². The molecule has 28 heavy (non-hydrogen) atoms. The Bertz CT molecular complexity index is 856. The van der Waals surface area contributed by atoms with Crippen molar-refractivity contribution >= 4 is 35.0 Å². The second-order valence-electron chi connectivity index (χ2n) is 5.96. The molecule has 1 aromatic carbocycles. The number of amides is 1. The quantitative estimate of drug-likeness (QED) is 0.511. The Morgan fingerprint density at radius 2 is 1.71 bits per heavy atom. The molecular formula is C20H21NO6S. The fourth-order valence-corrected chi connectivity index (χ4v) is 3.10. The number of rotatable bonds is 9. The lowest BCUT2D eigenvalue weighted by molar-refractivity contribution is -0.148. The van der Waals surface area contributed by atoms with Gasteiger partial charge in [0, 0.05) is 17.8 Å². The lowest BCUT2D eigenvalue weighted by atomic mass is 10.1. The van der Waals surface area contributed by atoms with Gasteiger partial charge in [0.25, 0.3) is 5.91 Å². The van der Waals surface area contributed by atoms with Gasteiger partial charge < -0.3 is 14.8 Å². The van der Waals surface area contributed by atoms with Gasteiger partial charge in [0.1, 0.15) is 0 Å². The molecule has 0 bridgehead atoms. The topological polar surface area (TPSA) is 98.8 Å². The van der Waals surface area contributed by atoms with Gasteiger partial charge in [-0.25, -0.2) is 4.79 Å². The van der Waals surface area contributed by atoms with E-state index in [2.05, 4.69) is 10.1 Å². The van der Waals surface area contributed by atoms with Crippen LogP contribution in [0.2, 0.25) is 0 Å². The summed E-state index contributed by atoms with van der Waals surface area (Å²) in [5.41, 5.74) is 1.20. The molecule has 0 radical (unpaired) electrons. The Morgan fingerprint density at radius 1 is 1.00 bits per heavy atom. The maximum absolute atomic E-state index is 11.9. The zero-order chi connectivity index (χ0) is 20.5. The van der Waals surface area contributed by atoms with Gasteiger partial charge in [-0.1, -0.05) is 12.1 Å². The van der Waals surface area contributed by atoms with E-state index in [1.807, 2.05) is 13.0 Å². The average Bonchev–Trinajstić information content (AvgIpc) is 3.15. The number of esters is 2. The highest BCUT2D eigenvalue weighted by atomic mass is 32.1. The van der Waals surface area contributed by atoms with Gasteiger partial charge in [0.05, 0.1) is 24.0 Å². The highest BCUT2D eigenvalue weighted by molar-refractivity contribution is 7.14. The van der Waals surface area contributed by atoms with Gasteiger partial charge in [-0.2, -0.15) is 0 Å². The number of thiophene rings is 1. The van der Waals surface area contributed by atoms with E-state index in [-0.39, 0.29) is 25.2 Å². The summed E-state index contributed by atoms with van der Waals surface area (Å²) in [6, 6.07) is 10.2. The van der Waals surface area contributed by atoms with Crippen LogP contribution < -0.4 is 5.32 Å². The molecule has 2 rings (SSSR count). The van der Waals surface area contributed by atoms with Crippen LogP contribution in [0.5, 0.6) is 0 Å². The largest absolute Gasteiger partial charge is 0.465 e. The Balaban J connectivity index is 1.66. The molecule has 8 heteroatoms. The van der Waals surface area contributed by atoms with Crippen molar-refractivity contribution < 1.29 is 28.7 Å². The minimum Gasteiger partial charge on any atom is -0.465 e. The van der Waals surface area contributed by atoms with Gasteiger partial charge in [-0.3, -0.25) is 14.4 Å². The molecule has 0 aliphatic rings. The molecule has 0 atom stereocenters. The third-order valence-electron chi connectivity index (χ3n) is 3.80. The van der Waals surface area contributed by atoms with E-state index in [0.29, 0.717) is 10.4 Å². The zero-order valence-electron chi connectivity index (χ0n) is 15.7. The SMILES string of the molecule is COC(=O)c1ccc(CNC(=O)COC(=O)CCC(=O)c2ccc(C)s2)cc1. The van der Waals surface area contributed by atoms with Crippen LogP contribution in [0.4, 0.5) is 0 Å². The Morgan fingerprint density at radius 3 is 2.32 bits per heavy atom. The lowest BCUT2D eigenvalue weighted by Crippen LogP contribution is -2.28. The number of ketones is 1. The van der Waals surface area contributed by atoms with Crippen molar-refractivity contribution in [3.05, 3.63) is 57.3 Å². The summed E-state index contributed by atoms with van der Waals surface area (Å²) in [4.78, 5) is 48.4. The first-order valence-corrected chi connectivity index (χ1v) is 9.40. The summed E-state index contributed by atoms with van der Waals surface area (Å²) in [6.07, 6.45) is -0.0228. The molecule has 148 valence electrons. The monoisotopic (exact) mass is 403 g/mol.